The lowest BCUT2D eigenvalue weighted by Gasteiger charge is -2.24. The van der Waals surface area contributed by atoms with Gasteiger partial charge in [-0.25, -0.2) is 9.97 Å². The van der Waals surface area contributed by atoms with E-state index in [0.717, 1.165) is 37.1 Å². The quantitative estimate of drug-likeness (QED) is 0.893. The van der Waals surface area contributed by atoms with E-state index < -0.39 is 0 Å². The molecule has 2 rings (SSSR count). The third-order valence-electron chi connectivity index (χ3n) is 3.48. The summed E-state index contributed by atoms with van der Waals surface area (Å²) in [5.74, 6) is 2.97. The SMILES string of the molecule is CCNc1nc(C)nc(N2CCCCCC2)c1C. The summed E-state index contributed by atoms with van der Waals surface area (Å²) in [5, 5.41) is 3.33. The number of anilines is 2. The first-order chi connectivity index (χ1) is 8.72. The Morgan fingerprint density at radius 3 is 2.33 bits per heavy atom. The van der Waals surface area contributed by atoms with E-state index in [1.165, 1.54) is 31.2 Å². The van der Waals surface area contributed by atoms with Crippen molar-refractivity contribution in [1.29, 1.82) is 0 Å². The number of nitrogens with one attached hydrogen (secondary N) is 1. The van der Waals surface area contributed by atoms with Gasteiger partial charge in [-0.05, 0) is 33.6 Å². The molecule has 0 amide bonds. The molecule has 2 heterocycles. The molecule has 0 atom stereocenters. The van der Waals surface area contributed by atoms with Gasteiger partial charge >= 0.3 is 0 Å². The first-order valence-electron chi connectivity index (χ1n) is 7.06. The van der Waals surface area contributed by atoms with E-state index in [9.17, 15) is 0 Å². The van der Waals surface area contributed by atoms with Crippen LogP contribution in [0.15, 0.2) is 0 Å². The van der Waals surface area contributed by atoms with Crippen molar-refractivity contribution < 1.29 is 0 Å². The van der Waals surface area contributed by atoms with E-state index in [1.807, 2.05) is 6.92 Å². The fourth-order valence-electron chi connectivity index (χ4n) is 2.54. The minimum Gasteiger partial charge on any atom is -0.370 e. The first-order valence-corrected chi connectivity index (χ1v) is 7.06. The highest BCUT2D eigenvalue weighted by Gasteiger charge is 2.16. The maximum Gasteiger partial charge on any atom is 0.137 e. The summed E-state index contributed by atoms with van der Waals surface area (Å²) < 4.78 is 0. The number of nitrogens with zero attached hydrogens (tertiary/aromatic N) is 3. The van der Waals surface area contributed by atoms with Gasteiger partial charge in [-0.3, -0.25) is 0 Å². The Morgan fingerprint density at radius 2 is 1.72 bits per heavy atom. The van der Waals surface area contributed by atoms with E-state index in [-0.39, 0.29) is 0 Å². The lowest BCUT2D eigenvalue weighted by molar-refractivity contribution is 0.726. The van der Waals surface area contributed by atoms with Gasteiger partial charge in [0.05, 0.1) is 0 Å². The smallest absolute Gasteiger partial charge is 0.137 e. The van der Waals surface area contributed by atoms with Crippen LogP contribution in [0.25, 0.3) is 0 Å². The molecule has 1 aromatic rings. The summed E-state index contributed by atoms with van der Waals surface area (Å²) in [5.41, 5.74) is 1.18. The lowest BCUT2D eigenvalue weighted by atomic mass is 10.2. The molecule has 100 valence electrons. The summed E-state index contributed by atoms with van der Waals surface area (Å²) in [7, 11) is 0. The maximum absolute atomic E-state index is 4.66. The number of hydrogen-bond donors (Lipinski definition) is 1. The zero-order chi connectivity index (χ0) is 13.0. The standard InChI is InChI=1S/C14H24N4/c1-4-15-13-11(2)14(17-12(3)16-13)18-9-7-5-6-8-10-18/h4-10H2,1-3H3,(H,15,16,17). The fraction of sp³-hybridized carbons (Fsp3) is 0.714. The molecule has 0 radical (unpaired) electrons. The third-order valence-corrected chi connectivity index (χ3v) is 3.48. The zero-order valence-electron chi connectivity index (χ0n) is 11.8. The van der Waals surface area contributed by atoms with Crippen molar-refractivity contribution in [3.8, 4) is 0 Å². The molecule has 1 aliphatic rings. The van der Waals surface area contributed by atoms with Gasteiger partial charge in [-0.2, -0.15) is 0 Å². The average Bonchev–Trinajstić information content (AvgIpc) is 2.62. The van der Waals surface area contributed by atoms with Gasteiger partial charge in [0.1, 0.15) is 17.5 Å². The second-order valence-corrected chi connectivity index (χ2v) is 5.00. The van der Waals surface area contributed by atoms with Crippen LogP contribution in [-0.2, 0) is 0 Å². The largest absolute Gasteiger partial charge is 0.370 e. The van der Waals surface area contributed by atoms with E-state index >= 15 is 0 Å². The Bertz CT molecular complexity index is 395. The first kappa shape index (κ1) is 13.1. The summed E-state index contributed by atoms with van der Waals surface area (Å²) in [4.78, 5) is 11.6. The number of hydrogen-bond acceptors (Lipinski definition) is 4. The van der Waals surface area contributed by atoms with Crippen molar-refractivity contribution in [2.24, 2.45) is 0 Å². The van der Waals surface area contributed by atoms with Crippen molar-refractivity contribution in [3.63, 3.8) is 0 Å². The molecule has 1 fully saturated rings. The van der Waals surface area contributed by atoms with Crippen LogP contribution in [0.4, 0.5) is 11.6 Å². The fourth-order valence-corrected chi connectivity index (χ4v) is 2.54. The predicted octanol–water partition coefficient (Wildman–Crippen LogP) is 2.91. The Balaban J connectivity index is 2.30. The maximum atomic E-state index is 4.66. The summed E-state index contributed by atoms with van der Waals surface area (Å²) in [6.45, 7) is 9.35. The highest BCUT2D eigenvalue weighted by Crippen LogP contribution is 2.25. The van der Waals surface area contributed by atoms with Gasteiger partial charge in [0.25, 0.3) is 0 Å². The lowest BCUT2D eigenvalue weighted by Crippen LogP contribution is -2.26. The van der Waals surface area contributed by atoms with Crippen molar-refractivity contribution >= 4 is 11.6 Å². The molecule has 0 saturated carbocycles. The molecule has 1 saturated heterocycles. The minimum atomic E-state index is 0.857. The number of rotatable bonds is 3. The molecular formula is C14H24N4. The van der Waals surface area contributed by atoms with E-state index in [4.69, 9.17) is 0 Å². The molecule has 0 unspecified atom stereocenters. The van der Waals surface area contributed by atoms with E-state index in [1.54, 1.807) is 0 Å². The number of aromatic nitrogens is 2. The van der Waals surface area contributed by atoms with Crippen LogP contribution in [0.1, 0.15) is 44.0 Å². The van der Waals surface area contributed by atoms with Crippen molar-refractivity contribution in [1.82, 2.24) is 9.97 Å². The minimum absolute atomic E-state index is 0.857. The monoisotopic (exact) mass is 248 g/mol. The predicted molar refractivity (Wildman–Crippen MR) is 76.4 cm³/mol. The summed E-state index contributed by atoms with van der Waals surface area (Å²) in [6, 6.07) is 0. The van der Waals surface area contributed by atoms with Crippen LogP contribution < -0.4 is 10.2 Å². The van der Waals surface area contributed by atoms with E-state index in [2.05, 4.69) is 34.0 Å². The normalized spacial score (nSPS) is 16.5. The van der Waals surface area contributed by atoms with Crippen molar-refractivity contribution in [2.45, 2.75) is 46.5 Å². The molecule has 4 heteroatoms. The number of aryl methyl sites for hydroxylation is 1. The van der Waals surface area contributed by atoms with Crippen molar-refractivity contribution in [2.75, 3.05) is 29.9 Å². The Labute approximate surface area is 110 Å². The topological polar surface area (TPSA) is 41.1 Å². The van der Waals surface area contributed by atoms with Crippen LogP contribution in [0.5, 0.6) is 0 Å². The highest BCUT2D eigenvalue weighted by molar-refractivity contribution is 5.58. The molecule has 18 heavy (non-hydrogen) atoms. The Hall–Kier alpha value is -1.32. The molecule has 0 spiro atoms. The third kappa shape index (κ3) is 2.92. The van der Waals surface area contributed by atoms with Gasteiger partial charge in [-0.15, -0.1) is 0 Å². The molecule has 1 aliphatic heterocycles. The highest BCUT2D eigenvalue weighted by atomic mass is 15.2. The molecule has 1 aromatic heterocycles. The molecule has 0 bridgehead atoms. The summed E-state index contributed by atoms with van der Waals surface area (Å²) >= 11 is 0. The second kappa shape index (κ2) is 6.03. The molecule has 0 aliphatic carbocycles. The van der Waals surface area contributed by atoms with Crippen LogP contribution in [-0.4, -0.2) is 29.6 Å². The van der Waals surface area contributed by atoms with Gasteiger partial charge in [-0.1, -0.05) is 12.8 Å². The molecular weight excluding hydrogens is 224 g/mol. The molecule has 4 nitrogen and oxygen atoms in total. The zero-order valence-corrected chi connectivity index (χ0v) is 11.8. The van der Waals surface area contributed by atoms with Crippen molar-refractivity contribution in [3.05, 3.63) is 11.4 Å². The van der Waals surface area contributed by atoms with E-state index in [0.29, 0.717) is 0 Å². The molecule has 1 N–H and O–H groups in total. The van der Waals surface area contributed by atoms with Gasteiger partial charge in [0.15, 0.2) is 0 Å². The van der Waals surface area contributed by atoms with Gasteiger partial charge < -0.3 is 10.2 Å². The second-order valence-electron chi connectivity index (χ2n) is 5.00. The molecule has 0 aromatic carbocycles. The van der Waals surface area contributed by atoms with Crippen LogP contribution in [0, 0.1) is 13.8 Å². The van der Waals surface area contributed by atoms with Gasteiger partial charge in [0.2, 0.25) is 0 Å². The summed E-state index contributed by atoms with van der Waals surface area (Å²) in [6.07, 6.45) is 5.25. The van der Waals surface area contributed by atoms with Crippen LogP contribution in [0.3, 0.4) is 0 Å². The Morgan fingerprint density at radius 1 is 1.06 bits per heavy atom. The van der Waals surface area contributed by atoms with Crippen LogP contribution in [0.2, 0.25) is 0 Å². The average molecular weight is 248 g/mol. The van der Waals surface area contributed by atoms with Gasteiger partial charge in [0, 0.05) is 25.2 Å². The van der Waals surface area contributed by atoms with Crippen LogP contribution >= 0.6 is 0 Å². The Kier molecular flexibility index (Phi) is 4.39.